The molecule has 0 saturated carbocycles. The Hall–Kier alpha value is -1.31. The molecule has 1 aliphatic heterocycles. The van der Waals surface area contributed by atoms with Crippen LogP contribution in [0.15, 0.2) is 6.07 Å². The second-order valence-electron chi connectivity index (χ2n) is 5.41. The molecule has 0 radical (unpaired) electrons. The standard InChI is InChI=1S/C12H14BClFNO4/c1-12(2,3)20-11(17)16-10-7(14)4-6-5-19-13(18)8(6)9(10)15/h4,18H,5H2,1-3H3,(H,16,17). The van der Waals surface area contributed by atoms with Gasteiger partial charge in [0, 0.05) is 5.46 Å². The molecule has 1 heterocycles. The lowest BCUT2D eigenvalue weighted by atomic mass is 9.78. The molecule has 0 aromatic heterocycles. The minimum atomic E-state index is -1.36. The summed E-state index contributed by atoms with van der Waals surface area (Å²) >= 11 is 5.93. The van der Waals surface area contributed by atoms with Gasteiger partial charge in [0.1, 0.15) is 11.4 Å². The number of halogens is 2. The van der Waals surface area contributed by atoms with Crippen LogP contribution in [0.4, 0.5) is 14.9 Å². The van der Waals surface area contributed by atoms with E-state index in [0.29, 0.717) is 5.56 Å². The van der Waals surface area contributed by atoms with E-state index in [-0.39, 0.29) is 22.8 Å². The van der Waals surface area contributed by atoms with Crippen LogP contribution < -0.4 is 10.8 Å². The van der Waals surface area contributed by atoms with Crippen LogP contribution in [0.1, 0.15) is 26.3 Å². The van der Waals surface area contributed by atoms with E-state index in [0.717, 1.165) is 0 Å². The monoisotopic (exact) mass is 301 g/mol. The molecule has 5 nitrogen and oxygen atoms in total. The number of ether oxygens (including phenoxy) is 1. The van der Waals surface area contributed by atoms with Crippen LogP contribution in [-0.2, 0) is 16.0 Å². The van der Waals surface area contributed by atoms with Crippen molar-refractivity contribution in [1.29, 1.82) is 0 Å². The number of fused-ring (bicyclic) bond motifs is 1. The summed E-state index contributed by atoms with van der Waals surface area (Å²) in [6.45, 7) is 5.13. The SMILES string of the molecule is CC(C)(C)OC(=O)Nc1c(Cl)cc2c(c1F)B(O)OC2. The van der Waals surface area contributed by atoms with Crippen molar-refractivity contribution in [1.82, 2.24) is 0 Å². The summed E-state index contributed by atoms with van der Waals surface area (Å²) in [5.74, 6) is -0.816. The van der Waals surface area contributed by atoms with Gasteiger partial charge in [0.25, 0.3) is 0 Å². The van der Waals surface area contributed by atoms with Gasteiger partial charge in [-0.2, -0.15) is 0 Å². The predicted octanol–water partition coefficient (Wildman–Crippen LogP) is 2.04. The van der Waals surface area contributed by atoms with Crippen LogP contribution in [0.25, 0.3) is 0 Å². The summed E-state index contributed by atoms with van der Waals surface area (Å²) in [5, 5.41) is 11.8. The van der Waals surface area contributed by atoms with Gasteiger partial charge < -0.3 is 14.4 Å². The summed E-state index contributed by atoms with van der Waals surface area (Å²) in [6, 6.07) is 1.45. The van der Waals surface area contributed by atoms with Crippen molar-refractivity contribution in [2.75, 3.05) is 5.32 Å². The van der Waals surface area contributed by atoms with E-state index in [1.54, 1.807) is 20.8 Å². The summed E-state index contributed by atoms with van der Waals surface area (Å²) in [5.41, 5.74) is -0.508. The summed E-state index contributed by atoms with van der Waals surface area (Å²) in [7, 11) is -1.36. The number of carbonyl (C=O) groups excluding carboxylic acids is 1. The molecule has 0 saturated heterocycles. The molecule has 20 heavy (non-hydrogen) atoms. The maximum absolute atomic E-state index is 14.3. The highest BCUT2D eigenvalue weighted by Crippen LogP contribution is 2.29. The maximum atomic E-state index is 14.3. The lowest BCUT2D eigenvalue weighted by Gasteiger charge is -2.20. The quantitative estimate of drug-likeness (QED) is 0.779. The highest BCUT2D eigenvalue weighted by atomic mass is 35.5. The highest BCUT2D eigenvalue weighted by molar-refractivity contribution is 6.62. The van der Waals surface area contributed by atoms with Crippen LogP contribution in [0.5, 0.6) is 0 Å². The first-order chi connectivity index (χ1) is 9.19. The van der Waals surface area contributed by atoms with Crippen molar-refractivity contribution in [2.45, 2.75) is 33.0 Å². The van der Waals surface area contributed by atoms with Gasteiger partial charge in [-0.25, -0.2) is 9.18 Å². The van der Waals surface area contributed by atoms with Gasteiger partial charge in [-0.3, -0.25) is 5.32 Å². The number of carbonyl (C=O) groups is 1. The molecule has 0 spiro atoms. The van der Waals surface area contributed by atoms with Crippen LogP contribution in [-0.4, -0.2) is 23.8 Å². The molecule has 2 rings (SSSR count). The van der Waals surface area contributed by atoms with Gasteiger partial charge in [-0.1, -0.05) is 11.6 Å². The van der Waals surface area contributed by atoms with Crippen molar-refractivity contribution < 1.29 is 23.6 Å². The lowest BCUT2D eigenvalue weighted by Crippen LogP contribution is -2.33. The number of nitrogens with one attached hydrogen (secondary N) is 1. The van der Waals surface area contributed by atoms with E-state index in [2.05, 4.69) is 5.32 Å². The fourth-order valence-electron chi connectivity index (χ4n) is 1.84. The second kappa shape index (κ2) is 5.23. The molecule has 1 aliphatic rings. The van der Waals surface area contributed by atoms with Crippen molar-refractivity contribution in [3.8, 4) is 0 Å². The van der Waals surface area contributed by atoms with Crippen LogP contribution in [0.3, 0.4) is 0 Å². The van der Waals surface area contributed by atoms with Gasteiger partial charge in [0.2, 0.25) is 0 Å². The number of anilines is 1. The number of rotatable bonds is 1. The number of benzene rings is 1. The smallest absolute Gasteiger partial charge is 0.444 e. The zero-order valence-electron chi connectivity index (χ0n) is 11.3. The Labute approximate surface area is 121 Å². The molecule has 1 aromatic carbocycles. The highest BCUT2D eigenvalue weighted by Gasteiger charge is 2.34. The molecule has 0 unspecified atom stereocenters. The Morgan fingerprint density at radius 1 is 1.60 bits per heavy atom. The van der Waals surface area contributed by atoms with E-state index >= 15 is 0 Å². The summed E-state index contributed by atoms with van der Waals surface area (Å²) in [6.07, 6.45) is -0.827. The summed E-state index contributed by atoms with van der Waals surface area (Å²) < 4.78 is 24.2. The fraction of sp³-hybridized carbons (Fsp3) is 0.417. The average molecular weight is 302 g/mol. The third-order valence-corrected chi connectivity index (χ3v) is 2.91. The first-order valence-corrected chi connectivity index (χ1v) is 6.37. The van der Waals surface area contributed by atoms with E-state index in [1.807, 2.05) is 0 Å². The molecule has 0 atom stereocenters. The average Bonchev–Trinajstić information content (AvgIpc) is 2.63. The Morgan fingerprint density at radius 2 is 2.25 bits per heavy atom. The van der Waals surface area contributed by atoms with Gasteiger partial charge in [-0.15, -0.1) is 0 Å². The molecule has 1 aromatic rings. The maximum Gasteiger partial charge on any atom is 0.494 e. The van der Waals surface area contributed by atoms with Crippen molar-refractivity contribution in [2.24, 2.45) is 0 Å². The van der Waals surface area contributed by atoms with Crippen LogP contribution in [0, 0.1) is 5.82 Å². The number of hydrogen-bond acceptors (Lipinski definition) is 4. The fourth-order valence-corrected chi connectivity index (χ4v) is 2.10. The molecule has 1 amide bonds. The van der Waals surface area contributed by atoms with Crippen molar-refractivity contribution >= 4 is 36.0 Å². The lowest BCUT2D eigenvalue weighted by molar-refractivity contribution is 0.0635. The van der Waals surface area contributed by atoms with Gasteiger partial charge >= 0.3 is 13.2 Å². The second-order valence-corrected chi connectivity index (χ2v) is 5.82. The Kier molecular flexibility index (Phi) is 3.95. The normalized spacial score (nSPS) is 14.2. The third-order valence-electron chi connectivity index (χ3n) is 2.61. The van der Waals surface area contributed by atoms with Gasteiger partial charge in [0.15, 0.2) is 0 Å². The van der Waals surface area contributed by atoms with Crippen molar-refractivity contribution in [3.05, 3.63) is 22.5 Å². The van der Waals surface area contributed by atoms with Gasteiger partial charge in [0.05, 0.1) is 17.3 Å². The number of hydrogen-bond donors (Lipinski definition) is 2. The Bertz CT molecular complexity index is 561. The molecule has 0 aliphatic carbocycles. The molecule has 8 heteroatoms. The predicted molar refractivity (Wildman–Crippen MR) is 73.7 cm³/mol. The Balaban J connectivity index is 2.29. The number of amides is 1. The van der Waals surface area contributed by atoms with Gasteiger partial charge in [-0.05, 0) is 32.4 Å². The third kappa shape index (κ3) is 3.05. The molecule has 0 fully saturated rings. The Morgan fingerprint density at radius 3 is 2.85 bits per heavy atom. The molecule has 0 bridgehead atoms. The van der Waals surface area contributed by atoms with E-state index in [4.69, 9.17) is 21.0 Å². The summed E-state index contributed by atoms with van der Waals surface area (Å²) in [4.78, 5) is 11.7. The zero-order valence-corrected chi connectivity index (χ0v) is 12.0. The molecular weight excluding hydrogens is 287 g/mol. The van der Waals surface area contributed by atoms with E-state index in [1.165, 1.54) is 6.07 Å². The topological polar surface area (TPSA) is 67.8 Å². The van der Waals surface area contributed by atoms with E-state index in [9.17, 15) is 14.2 Å². The molecule has 2 N–H and O–H groups in total. The zero-order chi connectivity index (χ0) is 15.1. The largest absolute Gasteiger partial charge is 0.494 e. The first-order valence-electron chi connectivity index (χ1n) is 5.99. The van der Waals surface area contributed by atoms with Crippen LogP contribution >= 0.6 is 11.6 Å². The molecular formula is C12H14BClFNO4. The van der Waals surface area contributed by atoms with Crippen LogP contribution in [0.2, 0.25) is 5.02 Å². The van der Waals surface area contributed by atoms with Crippen molar-refractivity contribution in [3.63, 3.8) is 0 Å². The molecule has 108 valence electrons. The first kappa shape index (κ1) is 15.1. The van der Waals surface area contributed by atoms with E-state index < -0.39 is 24.6 Å². The minimum Gasteiger partial charge on any atom is -0.444 e. The minimum absolute atomic E-state index is 0.0135.